The molecule has 0 aliphatic heterocycles. The van der Waals surface area contributed by atoms with Gasteiger partial charge >= 0.3 is 0 Å². The molecule has 0 amide bonds. The third-order valence-corrected chi connectivity index (χ3v) is 5.45. The SMILES string of the molecule is CCCCCCc1ccc(C#CC=CC#CC2CCC(CC)CC2)cc1. The van der Waals surface area contributed by atoms with Crippen molar-refractivity contribution in [3.8, 4) is 23.7 Å². The molecule has 0 atom stereocenters. The lowest BCUT2D eigenvalue weighted by Gasteiger charge is -2.24. The molecule has 0 N–H and O–H groups in total. The molecule has 1 fully saturated rings. The van der Waals surface area contributed by atoms with E-state index in [0.29, 0.717) is 5.92 Å². The van der Waals surface area contributed by atoms with Crippen LogP contribution in [0.3, 0.4) is 0 Å². The zero-order chi connectivity index (χ0) is 18.5. The number of allylic oxidation sites excluding steroid dienone is 2. The Labute approximate surface area is 161 Å². The number of aryl methyl sites for hydroxylation is 1. The summed E-state index contributed by atoms with van der Waals surface area (Å²) in [4.78, 5) is 0. The average molecular weight is 347 g/mol. The molecule has 1 aromatic rings. The molecule has 0 unspecified atom stereocenters. The fourth-order valence-corrected chi connectivity index (χ4v) is 3.60. The maximum absolute atomic E-state index is 3.40. The van der Waals surface area contributed by atoms with Crippen LogP contribution in [0.25, 0.3) is 0 Å². The quantitative estimate of drug-likeness (QED) is 0.387. The Morgan fingerprint density at radius 2 is 1.62 bits per heavy atom. The number of hydrogen-bond donors (Lipinski definition) is 0. The molecular weight excluding hydrogens is 312 g/mol. The van der Waals surface area contributed by atoms with E-state index in [1.165, 1.54) is 69.8 Å². The van der Waals surface area contributed by atoms with E-state index >= 15 is 0 Å². The van der Waals surface area contributed by atoms with Gasteiger partial charge < -0.3 is 0 Å². The minimum Gasteiger partial charge on any atom is -0.0951 e. The predicted molar refractivity (Wildman–Crippen MR) is 114 cm³/mol. The third kappa shape index (κ3) is 7.97. The Kier molecular flexibility index (Phi) is 9.75. The van der Waals surface area contributed by atoms with Crippen LogP contribution in [0.15, 0.2) is 36.4 Å². The topological polar surface area (TPSA) is 0 Å². The Morgan fingerprint density at radius 3 is 2.31 bits per heavy atom. The second-order valence-corrected chi connectivity index (χ2v) is 7.52. The van der Waals surface area contributed by atoms with Gasteiger partial charge in [0.15, 0.2) is 0 Å². The number of unbranched alkanes of at least 4 members (excludes halogenated alkanes) is 3. The monoisotopic (exact) mass is 346 g/mol. The maximum atomic E-state index is 3.40. The van der Waals surface area contributed by atoms with Gasteiger partial charge in [-0.2, -0.15) is 0 Å². The average Bonchev–Trinajstić information content (AvgIpc) is 2.69. The number of rotatable bonds is 6. The third-order valence-electron chi connectivity index (χ3n) is 5.45. The highest BCUT2D eigenvalue weighted by atomic mass is 14.2. The number of benzene rings is 1. The predicted octanol–water partition coefficient (Wildman–Crippen LogP) is 6.94. The molecule has 0 radical (unpaired) electrons. The summed E-state index contributed by atoms with van der Waals surface area (Å²) in [5.74, 6) is 14.4. The molecule has 138 valence electrons. The highest BCUT2D eigenvalue weighted by Crippen LogP contribution is 2.29. The molecule has 1 aliphatic carbocycles. The second kappa shape index (κ2) is 12.4. The summed E-state index contributed by atoms with van der Waals surface area (Å²) in [5, 5.41) is 0. The van der Waals surface area contributed by atoms with Gasteiger partial charge in [0.1, 0.15) is 0 Å². The van der Waals surface area contributed by atoms with Crippen molar-refractivity contribution in [2.75, 3.05) is 0 Å². The molecule has 0 saturated heterocycles. The van der Waals surface area contributed by atoms with Gasteiger partial charge in [-0.15, -0.1) is 0 Å². The zero-order valence-electron chi connectivity index (χ0n) is 16.7. The Balaban J connectivity index is 1.72. The second-order valence-electron chi connectivity index (χ2n) is 7.52. The van der Waals surface area contributed by atoms with E-state index in [1.54, 1.807) is 0 Å². The van der Waals surface area contributed by atoms with E-state index in [4.69, 9.17) is 0 Å². The fourth-order valence-electron chi connectivity index (χ4n) is 3.60. The highest BCUT2D eigenvalue weighted by molar-refractivity contribution is 5.39. The van der Waals surface area contributed by atoms with Crippen molar-refractivity contribution in [1.29, 1.82) is 0 Å². The summed E-state index contributed by atoms with van der Waals surface area (Å²) in [7, 11) is 0. The molecule has 0 aromatic heterocycles. The van der Waals surface area contributed by atoms with E-state index in [9.17, 15) is 0 Å². The van der Waals surface area contributed by atoms with Crippen LogP contribution in [0.5, 0.6) is 0 Å². The van der Waals surface area contributed by atoms with Crippen LogP contribution in [-0.4, -0.2) is 0 Å². The van der Waals surface area contributed by atoms with E-state index in [2.05, 4.69) is 61.8 Å². The minimum absolute atomic E-state index is 0.597. The maximum Gasteiger partial charge on any atom is 0.0249 e. The molecule has 0 spiro atoms. The summed E-state index contributed by atoms with van der Waals surface area (Å²) < 4.78 is 0. The lowest BCUT2D eigenvalue weighted by atomic mass is 9.81. The van der Waals surface area contributed by atoms with Crippen molar-refractivity contribution in [3.05, 3.63) is 47.5 Å². The molecule has 0 heterocycles. The van der Waals surface area contributed by atoms with Gasteiger partial charge in [-0.1, -0.05) is 75.3 Å². The summed E-state index contributed by atoms with van der Waals surface area (Å²) in [5.41, 5.74) is 2.50. The summed E-state index contributed by atoms with van der Waals surface area (Å²) >= 11 is 0. The first kappa shape index (κ1) is 20.4. The van der Waals surface area contributed by atoms with Crippen LogP contribution in [0.2, 0.25) is 0 Å². The van der Waals surface area contributed by atoms with Crippen molar-refractivity contribution < 1.29 is 0 Å². The normalized spacial score (nSPS) is 19.5. The van der Waals surface area contributed by atoms with Gasteiger partial charge in [-0.25, -0.2) is 0 Å². The first-order valence-electron chi connectivity index (χ1n) is 10.6. The molecule has 1 saturated carbocycles. The van der Waals surface area contributed by atoms with Gasteiger partial charge in [0.05, 0.1) is 0 Å². The fraction of sp³-hybridized carbons (Fsp3) is 0.538. The molecule has 0 nitrogen and oxygen atoms in total. The van der Waals surface area contributed by atoms with Gasteiger partial charge in [-0.3, -0.25) is 0 Å². The van der Waals surface area contributed by atoms with Crippen LogP contribution < -0.4 is 0 Å². The standard InChI is InChI=1S/C26H34/c1-3-5-6-9-12-25-19-21-26(22-20-25)14-11-8-7-10-13-24-17-15-23(4-2)16-18-24/h7-8,19-24H,3-6,9,12,15-18H2,1-2H3. The molecule has 1 aliphatic rings. The van der Waals surface area contributed by atoms with E-state index in [0.717, 1.165) is 11.5 Å². The minimum atomic E-state index is 0.597. The van der Waals surface area contributed by atoms with Crippen molar-refractivity contribution in [1.82, 2.24) is 0 Å². The van der Waals surface area contributed by atoms with Crippen LogP contribution in [0.4, 0.5) is 0 Å². The Bertz CT molecular complexity index is 646. The molecule has 0 heteroatoms. The van der Waals surface area contributed by atoms with E-state index < -0.39 is 0 Å². The first-order chi connectivity index (χ1) is 12.8. The van der Waals surface area contributed by atoms with Crippen molar-refractivity contribution in [2.24, 2.45) is 11.8 Å². The van der Waals surface area contributed by atoms with Crippen LogP contribution in [-0.2, 0) is 6.42 Å². The van der Waals surface area contributed by atoms with Gasteiger partial charge in [0.2, 0.25) is 0 Å². The first-order valence-corrected chi connectivity index (χ1v) is 10.6. The molecule has 26 heavy (non-hydrogen) atoms. The van der Waals surface area contributed by atoms with Crippen molar-refractivity contribution in [3.63, 3.8) is 0 Å². The smallest absolute Gasteiger partial charge is 0.0249 e. The summed E-state index contributed by atoms with van der Waals surface area (Å²) in [6, 6.07) is 8.69. The van der Waals surface area contributed by atoms with Crippen LogP contribution in [0, 0.1) is 35.5 Å². The van der Waals surface area contributed by atoms with E-state index in [-0.39, 0.29) is 0 Å². The molecule has 2 rings (SSSR count). The van der Waals surface area contributed by atoms with Gasteiger partial charge in [0.25, 0.3) is 0 Å². The van der Waals surface area contributed by atoms with Crippen LogP contribution in [0.1, 0.15) is 82.8 Å². The molecular formula is C26H34. The lowest BCUT2D eigenvalue weighted by molar-refractivity contribution is 0.309. The van der Waals surface area contributed by atoms with Crippen molar-refractivity contribution >= 4 is 0 Å². The van der Waals surface area contributed by atoms with Gasteiger partial charge in [0, 0.05) is 11.5 Å². The van der Waals surface area contributed by atoms with Gasteiger partial charge in [-0.05, 0) is 74.3 Å². The summed E-state index contributed by atoms with van der Waals surface area (Å²) in [6.45, 7) is 4.56. The van der Waals surface area contributed by atoms with Crippen LogP contribution >= 0.6 is 0 Å². The highest BCUT2D eigenvalue weighted by Gasteiger charge is 2.17. The Hall–Kier alpha value is -1.92. The molecule has 1 aromatic carbocycles. The summed E-state index contributed by atoms with van der Waals surface area (Å²) in [6.07, 6.45) is 16.8. The van der Waals surface area contributed by atoms with E-state index in [1.807, 2.05) is 12.2 Å². The Morgan fingerprint density at radius 1 is 0.885 bits per heavy atom. The lowest BCUT2D eigenvalue weighted by Crippen LogP contribution is -2.12. The largest absolute Gasteiger partial charge is 0.0951 e. The molecule has 0 bridgehead atoms. The van der Waals surface area contributed by atoms with Crippen molar-refractivity contribution in [2.45, 2.75) is 78.1 Å². The zero-order valence-corrected chi connectivity index (χ0v) is 16.7. The number of hydrogen-bond acceptors (Lipinski definition) is 0.